The molecule has 0 unspecified atom stereocenters. The molecule has 0 radical (unpaired) electrons. The third kappa shape index (κ3) is 10.1. The van der Waals surface area contributed by atoms with Crippen molar-refractivity contribution in [1.29, 1.82) is 0 Å². The molecule has 0 heterocycles. The first-order valence-corrected chi connectivity index (χ1v) is 12.9. The van der Waals surface area contributed by atoms with Crippen molar-refractivity contribution in [2.24, 2.45) is 0 Å². The summed E-state index contributed by atoms with van der Waals surface area (Å²) in [5.74, 6) is 0. The second-order valence-electron chi connectivity index (χ2n) is 6.37. The Hall–Kier alpha value is 0.0900. The Labute approximate surface area is 154 Å². The Morgan fingerprint density at radius 3 is 0.880 bits per heavy atom. The van der Waals surface area contributed by atoms with Gasteiger partial charge in [0.25, 0.3) is 29.0 Å². The molecule has 0 atom stereocenters. The maximum atomic E-state index is 12.5. The molecule has 8 nitrogen and oxygen atoms in total. The fraction of sp³-hybridized carbons (Fsp3) is 1.00. The lowest BCUT2D eigenvalue weighted by Gasteiger charge is -2.25. The lowest BCUT2D eigenvalue weighted by Crippen LogP contribution is -2.35. The SMILES string of the molecule is CC(C)OC(OC(C)C)S(=O)(=O)SS(=O)(=O)C(OC(C)C)OC(C)C. The zero-order valence-corrected chi connectivity index (χ0v) is 18.4. The van der Waals surface area contributed by atoms with E-state index in [0.717, 1.165) is 0 Å². The minimum Gasteiger partial charge on any atom is -0.336 e. The zero-order chi connectivity index (χ0) is 20.0. The Morgan fingerprint density at radius 1 is 0.520 bits per heavy atom. The van der Waals surface area contributed by atoms with Crippen molar-refractivity contribution in [3.63, 3.8) is 0 Å². The van der Waals surface area contributed by atoms with Crippen LogP contribution in [0.25, 0.3) is 0 Å². The van der Waals surface area contributed by atoms with Crippen molar-refractivity contribution in [3.05, 3.63) is 0 Å². The van der Waals surface area contributed by atoms with Crippen LogP contribution in [0.2, 0.25) is 0 Å². The van der Waals surface area contributed by atoms with Crippen LogP contribution in [0.1, 0.15) is 55.4 Å². The van der Waals surface area contributed by atoms with Crippen molar-refractivity contribution in [3.8, 4) is 0 Å². The van der Waals surface area contributed by atoms with E-state index in [1.54, 1.807) is 55.4 Å². The minimum atomic E-state index is -4.36. The molecule has 0 aromatic carbocycles. The van der Waals surface area contributed by atoms with E-state index in [0.29, 0.717) is 0 Å². The summed E-state index contributed by atoms with van der Waals surface area (Å²) >= 11 is 0. The molecule has 0 rings (SSSR count). The summed E-state index contributed by atoms with van der Waals surface area (Å²) in [5, 5.41) is 0. The smallest absolute Gasteiger partial charge is 0.274 e. The van der Waals surface area contributed by atoms with Crippen LogP contribution in [0, 0.1) is 0 Å². The first-order chi connectivity index (χ1) is 11.2. The normalized spacial score (nSPS) is 14.0. The quantitative estimate of drug-likeness (QED) is 0.346. The molecule has 0 saturated carbocycles. The van der Waals surface area contributed by atoms with Crippen LogP contribution in [-0.4, -0.2) is 52.5 Å². The lowest BCUT2D eigenvalue weighted by atomic mass is 10.5. The predicted octanol–water partition coefficient (Wildman–Crippen LogP) is 2.65. The van der Waals surface area contributed by atoms with Crippen LogP contribution in [0.4, 0.5) is 0 Å². The van der Waals surface area contributed by atoms with Gasteiger partial charge in [-0.05, 0) is 55.4 Å². The molecular formula is C14H30O8S3. The Kier molecular flexibility index (Phi) is 10.5. The van der Waals surface area contributed by atoms with E-state index in [9.17, 15) is 16.8 Å². The maximum absolute atomic E-state index is 12.5. The van der Waals surface area contributed by atoms with Gasteiger partial charge in [0.2, 0.25) is 0 Å². The van der Waals surface area contributed by atoms with Gasteiger partial charge < -0.3 is 18.9 Å². The molecule has 0 aromatic heterocycles. The topological polar surface area (TPSA) is 105 Å². The average molecular weight is 423 g/mol. The highest BCUT2D eigenvalue weighted by molar-refractivity contribution is 9.04. The molecule has 0 spiro atoms. The molecule has 0 aliphatic heterocycles. The van der Waals surface area contributed by atoms with Gasteiger partial charge >= 0.3 is 0 Å². The van der Waals surface area contributed by atoms with Crippen LogP contribution in [-0.2, 0) is 36.7 Å². The van der Waals surface area contributed by atoms with Crippen LogP contribution >= 0.6 is 9.83 Å². The Morgan fingerprint density at radius 2 is 0.720 bits per heavy atom. The molecule has 0 amide bonds. The summed E-state index contributed by atoms with van der Waals surface area (Å²) in [6, 6.07) is 0. The first-order valence-electron chi connectivity index (χ1n) is 7.98. The Balaban J connectivity index is 5.54. The molecule has 0 bridgehead atoms. The maximum Gasteiger partial charge on any atom is 0.274 e. The molecule has 0 saturated heterocycles. The van der Waals surface area contributed by atoms with Crippen molar-refractivity contribution < 1.29 is 35.8 Å². The van der Waals surface area contributed by atoms with Gasteiger partial charge in [0.1, 0.15) is 9.83 Å². The van der Waals surface area contributed by atoms with E-state index in [1.165, 1.54) is 0 Å². The highest BCUT2D eigenvalue weighted by Crippen LogP contribution is 2.32. The molecule has 0 aromatic rings. The molecule has 0 N–H and O–H groups in total. The predicted molar refractivity (Wildman–Crippen MR) is 97.9 cm³/mol. The highest BCUT2D eigenvalue weighted by atomic mass is 33.5. The van der Waals surface area contributed by atoms with Crippen LogP contribution in [0.15, 0.2) is 0 Å². The van der Waals surface area contributed by atoms with Crippen molar-refractivity contribution in [1.82, 2.24) is 0 Å². The van der Waals surface area contributed by atoms with E-state index in [4.69, 9.17) is 18.9 Å². The van der Waals surface area contributed by atoms with Gasteiger partial charge in [0.15, 0.2) is 0 Å². The molecule has 0 fully saturated rings. The van der Waals surface area contributed by atoms with E-state index < -0.39 is 53.4 Å². The van der Waals surface area contributed by atoms with E-state index >= 15 is 0 Å². The summed E-state index contributed by atoms with van der Waals surface area (Å²) in [6.07, 6.45) is -1.90. The largest absolute Gasteiger partial charge is 0.336 e. The highest BCUT2D eigenvalue weighted by Gasteiger charge is 2.41. The minimum absolute atomic E-state index is 0.267. The van der Waals surface area contributed by atoms with Gasteiger partial charge in [0, 0.05) is 0 Å². The third-order valence-corrected chi connectivity index (χ3v) is 9.46. The average Bonchev–Trinajstić information content (AvgIpc) is 2.33. The standard InChI is InChI=1S/C14H30O8S3/c1-9(2)19-13(20-10(3)4)24(15,16)23-25(17,18)14(21-11(5)6)22-12(7)8/h9-14H,1-8H3. The number of rotatable bonds is 12. The van der Waals surface area contributed by atoms with Gasteiger partial charge in [0.05, 0.1) is 24.4 Å². The Bertz CT molecular complexity index is 509. The lowest BCUT2D eigenvalue weighted by molar-refractivity contribution is -0.130. The molecular weight excluding hydrogens is 392 g/mol. The third-order valence-electron chi connectivity index (χ3n) is 2.19. The monoisotopic (exact) mass is 422 g/mol. The van der Waals surface area contributed by atoms with E-state index in [1.807, 2.05) is 0 Å². The zero-order valence-electron chi connectivity index (χ0n) is 16.0. The van der Waals surface area contributed by atoms with Gasteiger partial charge in [-0.2, -0.15) is 0 Å². The molecule has 0 aliphatic carbocycles. The van der Waals surface area contributed by atoms with Gasteiger partial charge in [-0.15, -0.1) is 0 Å². The van der Waals surface area contributed by atoms with Gasteiger partial charge in [-0.3, -0.25) is 0 Å². The molecule has 152 valence electrons. The molecule has 25 heavy (non-hydrogen) atoms. The summed E-state index contributed by atoms with van der Waals surface area (Å²) in [5.41, 5.74) is -3.43. The molecule has 0 aliphatic rings. The second kappa shape index (κ2) is 10.4. The van der Waals surface area contributed by atoms with Gasteiger partial charge in [-0.25, -0.2) is 16.8 Å². The van der Waals surface area contributed by atoms with Crippen molar-refractivity contribution >= 4 is 27.6 Å². The summed E-state index contributed by atoms with van der Waals surface area (Å²) in [6.45, 7) is 13.0. The fourth-order valence-corrected chi connectivity index (χ4v) is 8.50. The van der Waals surface area contributed by atoms with E-state index in [2.05, 4.69) is 0 Å². The van der Waals surface area contributed by atoms with Crippen molar-refractivity contribution in [2.75, 3.05) is 0 Å². The number of ether oxygens (including phenoxy) is 4. The second-order valence-corrected chi connectivity index (χ2v) is 13.7. The summed E-state index contributed by atoms with van der Waals surface area (Å²) in [4.78, 5) is 0. The molecule has 11 heteroatoms. The summed E-state index contributed by atoms with van der Waals surface area (Å²) in [7, 11) is -8.99. The van der Waals surface area contributed by atoms with Crippen molar-refractivity contribution in [2.45, 2.75) is 91.0 Å². The fourth-order valence-electron chi connectivity index (χ4n) is 1.42. The first kappa shape index (κ1) is 25.1. The summed E-state index contributed by atoms with van der Waals surface area (Å²) < 4.78 is 71.0. The van der Waals surface area contributed by atoms with E-state index in [-0.39, 0.29) is 9.83 Å². The van der Waals surface area contributed by atoms with Gasteiger partial charge in [-0.1, -0.05) is 0 Å². The number of hydrogen-bond acceptors (Lipinski definition) is 9. The van der Waals surface area contributed by atoms with Crippen LogP contribution in [0.5, 0.6) is 0 Å². The van der Waals surface area contributed by atoms with Crippen LogP contribution < -0.4 is 0 Å². The van der Waals surface area contributed by atoms with Crippen LogP contribution in [0.3, 0.4) is 0 Å². The number of hydrogen-bond donors (Lipinski definition) is 0.